The summed E-state index contributed by atoms with van der Waals surface area (Å²) in [5, 5.41) is 2.93. The first-order valence-corrected chi connectivity index (χ1v) is 6.48. The van der Waals surface area contributed by atoms with Crippen LogP contribution in [-0.2, 0) is 4.79 Å². The Balaban J connectivity index is 2.42. The molecule has 1 heterocycles. The highest BCUT2D eigenvalue weighted by molar-refractivity contribution is 5.88. The van der Waals surface area contributed by atoms with Crippen LogP contribution in [0, 0.1) is 6.92 Å². The Kier molecular flexibility index (Phi) is 3.95. The average Bonchev–Trinajstić information content (AvgIpc) is 2.37. The van der Waals surface area contributed by atoms with Crippen molar-refractivity contribution in [3.8, 4) is 5.75 Å². The molecule has 2 unspecified atom stereocenters. The molecule has 1 saturated heterocycles. The highest BCUT2D eigenvalue weighted by Gasteiger charge is 2.33. The van der Waals surface area contributed by atoms with Crippen molar-refractivity contribution in [2.75, 3.05) is 25.1 Å². The Labute approximate surface area is 113 Å². The maximum absolute atomic E-state index is 12.0. The molecule has 3 N–H and O–H groups in total. The van der Waals surface area contributed by atoms with Gasteiger partial charge in [0.25, 0.3) is 0 Å². The number of anilines is 1. The summed E-state index contributed by atoms with van der Waals surface area (Å²) in [6.45, 7) is 5.02. The minimum absolute atomic E-state index is 0.0233. The molecule has 1 amide bonds. The van der Waals surface area contributed by atoms with Crippen LogP contribution in [0.3, 0.4) is 0 Å². The number of benzene rings is 1. The first kappa shape index (κ1) is 13.7. The summed E-state index contributed by atoms with van der Waals surface area (Å²) in [6, 6.07) is 5.71. The summed E-state index contributed by atoms with van der Waals surface area (Å²) in [4.78, 5) is 14.1. The largest absolute Gasteiger partial charge is 0.495 e. The molecule has 0 bridgehead atoms. The standard InChI is InChI=1S/C14H21N3O2/c1-9-4-5-13(19-3)11(6-9)17-8-10(2)16-14(18)12(17)7-15/h4-6,10,12H,7-8,15H2,1-3H3,(H,16,18). The van der Waals surface area contributed by atoms with Gasteiger partial charge in [-0.1, -0.05) is 6.07 Å². The lowest BCUT2D eigenvalue weighted by Gasteiger charge is -2.39. The minimum atomic E-state index is -0.341. The summed E-state index contributed by atoms with van der Waals surface area (Å²) in [5.41, 5.74) is 7.81. The molecule has 2 rings (SSSR count). The van der Waals surface area contributed by atoms with Crippen molar-refractivity contribution in [2.24, 2.45) is 5.73 Å². The van der Waals surface area contributed by atoms with Gasteiger partial charge in [-0.25, -0.2) is 0 Å². The fourth-order valence-electron chi connectivity index (χ4n) is 2.47. The molecule has 5 nitrogen and oxygen atoms in total. The van der Waals surface area contributed by atoms with Crippen molar-refractivity contribution in [2.45, 2.75) is 25.9 Å². The predicted octanol–water partition coefficient (Wildman–Crippen LogP) is 0.656. The summed E-state index contributed by atoms with van der Waals surface area (Å²) in [6.07, 6.45) is 0. The third-order valence-corrected chi connectivity index (χ3v) is 3.41. The van der Waals surface area contributed by atoms with Crippen molar-refractivity contribution in [3.63, 3.8) is 0 Å². The van der Waals surface area contributed by atoms with Gasteiger partial charge in [-0.3, -0.25) is 4.79 Å². The van der Waals surface area contributed by atoms with Gasteiger partial charge in [-0.05, 0) is 31.5 Å². The number of carbonyl (C=O) groups is 1. The Morgan fingerprint density at radius 2 is 2.26 bits per heavy atom. The lowest BCUT2D eigenvalue weighted by molar-refractivity contribution is -0.123. The Morgan fingerprint density at radius 1 is 1.53 bits per heavy atom. The molecule has 1 aromatic rings. The number of hydrogen-bond donors (Lipinski definition) is 2. The molecule has 1 fully saturated rings. The first-order chi connectivity index (χ1) is 9.06. The van der Waals surface area contributed by atoms with Crippen molar-refractivity contribution < 1.29 is 9.53 Å². The molecule has 1 aliphatic rings. The van der Waals surface area contributed by atoms with Gasteiger partial charge < -0.3 is 20.7 Å². The third-order valence-electron chi connectivity index (χ3n) is 3.41. The zero-order valence-electron chi connectivity index (χ0n) is 11.6. The molecule has 2 atom stereocenters. The minimum Gasteiger partial charge on any atom is -0.495 e. The third kappa shape index (κ3) is 2.66. The molecule has 104 valence electrons. The lowest BCUT2D eigenvalue weighted by atomic mass is 10.1. The van der Waals surface area contributed by atoms with Gasteiger partial charge in [0.2, 0.25) is 5.91 Å². The Morgan fingerprint density at radius 3 is 2.89 bits per heavy atom. The van der Waals surface area contributed by atoms with Crippen LogP contribution < -0.4 is 20.7 Å². The zero-order valence-corrected chi connectivity index (χ0v) is 11.6. The highest BCUT2D eigenvalue weighted by atomic mass is 16.5. The molecular weight excluding hydrogens is 242 g/mol. The van der Waals surface area contributed by atoms with Gasteiger partial charge >= 0.3 is 0 Å². The average molecular weight is 263 g/mol. The molecule has 0 aliphatic carbocycles. The molecule has 1 aromatic carbocycles. The summed E-state index contributed by atoms with van der Waals surface area (Å²) in [5.74, 6) is 0.746. The summed E-state index contributed by atoms with van der Waals surface area (Å²) >= 11 is 0. The first-order valence-electron chi connectivity index (χ1n) is 6.48. The maximum atomic E-state index is 12.0. The van der Waals surface area contributed by atoms with Crippen LogP contribution in [0.4, 0.5) is 5.69 Å². The predicted molar refractivity (Wildman–Crippen MR) is 75.5 cm³/mol. The number of aryl methyl sites for hydroxylation is 1. The molecule has 5 heteroatoms. The van der Waals surface area contributed by atoms with Crippen LogP contribution in [0.2, 0.25) is 0 Å². The topological polar surface area (TPSA) is 67.6 Å². The normalized spacial score (nSPS) is 23.2. The van der Waals surface area contributed by atoms with Crippen molar-refractivity contribution in [1.82, 2.24) is 5.32 Å². The maximum Gasteiger partial charge on any atom is 0.244 e. The van der Waals surface area contributed by atoms with Gasteiger partial charge in [0.15, 0.2) is 0 Å². The van der Waals surface area contributed by atoms with Crippen LogP contribution in [0.5, 0.6) is 5.75 Å². The molecular formula is C14H21N3O2. The van der Waals surface area contributed by atoms with Gasteiger partial charge in [-0.2, -0.15) is 0 Å². The van der Waals surface area contributed by atoms with E-state index in [0.29, 0.717) is 0 Å². The van der Waals surface area contributed by atoms with E-state index in [-0.39, 0.29) is 24.5 Å². The fourth-order valence-corrected chi connectivity index (χ4v) is 2.47. The van der Waals surface area contributed by atoms with E-state index >= 15 is 0 Å². The second-order valence-electron chi connectivity index (χ2n) is 4.99. The Bertz CT molecular complexity index is 476. The van der Waals surface area contributed by atoms with E-state index in [1.54, 1.807) is 7.11 Å². The van der Waals surface area contributed by atoms with Crippen molar-refractivity contribution >= 4 is 11.6 Å². The number of hydrogen-bond acceptors (Lipinski definition) is 4. The number of nitrogens with two attached hydrogens (primary N) is 1. The van der Waals surface area contributed by atoms with E-state index in [9.17, 15) is 4.79 Å². The van der Waals surface area contributed by atoms with E-state index in [4.69, 9.17) is 10.5 Å². The van der Waals surface area contributed by atoms with E-state index in [2.05, 4.69) is 5.32 Å². The highest BCUT2D eigenvalue weighted by Crippen LogP contribution is 2.31. The molecule has 0 radical (unpaired) electrons. The van der Waals surface area contributed by atoms with E-state index in [0.717, 1.165) is 23.5 Å². The van der Waals surface area contributed by atoms with Gasteiger partial charge in [-0.15, -0.1) is 0 Å². The molecule has 0 aromatic heterocycles. The smallest absolute Gasteiger partial charge is 0.244 e. The molecule has 1 aliphatic heterocycles. The van der Waals surface area contributed by atoms with Crippen LogP contribution in [0.15, 0.2) is 18.2 Å². The lowest BCUT2D eigenvalue weighted by Crippen LogP contribution is -2.61. The Hall–Kier alpha value is -1.75. The number of rotatable bonds is 3. The van der Waals surface area contributed by atoms with Gasteiger partial charge in [0.05, 0.1) is 12.8 Å². The van der Waals surface area contributed by atoms with E-state index in [1.165, 1.54) is 0 Å². The monoisotopic (exact) mass is 263 g/mol. The van der Waals surface area contributed by atoms with E-state index < -0.39 is 0 Å². The second-order valence-corrected chi connectivity index (χ2v) is 4.99. The van der Waals surface area contributed by atoms with Gasteiger partial charge in [0, 0.05) is 19.1 Å². The number of piperazine rings is 1. The van der Waals surface area contributed by atoms with Crippen LogP contribution in [0.25, 0.3) is 0 Å². The van der Waals surface area contributed by atoms with Crippen LogP contribution in [0.1, 0.15) is 12.5 Å². The molecule has 0 saturated carbocycles. The number of amides is 1. The number of nitrogens with one attached hydrogen (secondary N) is 1. The summed E-state index contributed by atoms with van der Waals surface area (Å²) < 4.78 is 5.40. The van der Waals surface area contributed by atoms with Crippen LogP contribution in [-0.4, -0.2) is 38.2 Å². The molecule has 19 heavy (non-hydrogen) atoms. The van der Waals surface area contributed by atoms with Crippen molar-refractivity contribution in [1.29, 1.82) is 0 Å². The van der Waals surface area contributed by atoms with Crippen molar-refractivity contribution in [3.05, 3.63) is 23.8 Å². The second kappa shape index (κ2) is 5.48. The van der Waals surface area contributed by atoms with Gasteiger partial charge in [0.1, 0.15) is 11.8 Å². The SMILES string of the molecule is COc1ccc(C)cc1N1CC(C)NC(=O)C1CN. The zero-order chi connectivity index (χ0) is 14.0. The number of methoxy groups -OCH3 is 1. The number of nitrogens with zero attached hydrogens (tertiary/aromatic N) is 1. The summed E-state index contributed by atoms with van der Waals surface area (Å²) in [7, 11) is 1.64. The fraction of sp³-hybridized carbons (Fsp3) is 0.500. The molecule has 0 spiro atoms. The van der Waals surface area contributed by atoms with Crippen LogP contribution >= 0.6 is 0 Å². The number of carbonyl (C=O) groups excluding carboxylic acids is 1. The quantitative estimate of drug-likeness (QED) is 0.840. The van der Waals surface area contributed by atoms with E-state index in [1.807, 2.05) is 36.9 Å². The number of ether oxygens (including phenoxy) is 1.